The van der Waals surface area contributed by atoms with Crippen LogP contribution in [0.15, 0.2) is 176 Å². The Balaban J connectivity index is 1.12. The van der Waals surface area contributed by atoms with E-state index in [1.807, 2.05) is 24.3 Å². The van der Waals surface area contributed by atoms with Crippen LogP contribution in [0.5, 0.6) is 0 Å². The second-order valence-electron chi connectivity index (χ2n) is 13.3. The molecule has 1 aliphatic carbocycles. The summed E-state index contributed by atoms with van der Waals surface area (Å²) in [6.07, 6.45) is 6.66. The van der Waals surface area contributed by atoms with Gasteiger partial charge in [-0.15, -0.1) is 0 Å². The molecule has 52 heavy (non-hydrogen) atoms. The molecule has 0 radical (unpaired) electrons. The summed E-state index contributed by atoms with van der Waals surface area (Å²) >= 11 is 0. The predicted octanol–water partition coefficient (Wildman–Crippen LogP) is 12.5. The van der Waals surface area contributed by atoms with Gasteiger partial charge in [0.1, 0.15) is 0 Å². The van der Waals surface area contributed by atoms with Crippen LogP contribution in [0.4, 0.5) is 17.1 Å². The first kappa shape index (κ1) is 30.1. The number of aromatic nitrogens is 3. The standard InChI is InChI=1S/C48H34N4/c1-3-16-35(17-4-1)51(38-30-31-46-42(32-38)40-21-9-12-25-45(40)52(46)36-18-5-2-6-19-36)37-28-26-34(27-29-37)47-48(50-44-24-11-10-23-43(44)49-47)41-22-13-15-33-14-7-8-20-39(33)41/h1-8,10-20,22-32H,9,21H2. The lowest BCUT2D eigenvalue weighted by Gasteiger charge is -2.26. The molecule has 0 saturated heterocycles. The van der Waals surface area contributed by atoms with E-state index < -0.39 is 0 Å². The van der Waals surface area contributed by atoms with Gasteiger partial charge in [-0.05, 0) is 102 Å². The topological polar surface area (TPSA) is 34.0 Å². The van der Waals surface area contributed by atoms with Crippen molar-refractivity contribution in [2.45, 2.75) is 12.8 Å². The first-order chi connectivity index (χ1) is 25.8. The lowest BCUT2D eigenvalue weighted by atomic mass is 9.98. The maximum absolute atomic E-state index is 5.24. The third-order valence-electron chi connectivity index (χ3n) is 10.2. The molecule has 246 valence electrons. The quantitative estimate of drug-likeness (QED) is 0.177. The molecule has 0 unspecified atom stereocenters. The fourth-order valence-electron chi connectivity index (χ4n) is 7.83. The first-order valence-corrected chi connectivity index (χ1v) is 17.9. The number of aryl methyl sites for hydroxylation is 1. The van der Waals surface area contributed by atoms with E-state index in [1.54, 1.807) is 0 Å². The van der Waals surface area contributed by atoms with Crippen molar-refractivity contribution in [3.63, 3.8) is 0 Å². The van der Waals surface area contributed by atoms with Gasteiger partial charge in [0, 0.05) is 45.0 Å². The van der Waals surface area contributed by atoms with Crippen LogP contribution in [-0.2, 0) is 6.42 Å². The van der Waals surface area contributed by atoms with Crippen LogP contribution in [0.2, 0.25) is 0 Å². The monoisotopic (exact) mass is 666 g/mol. The largest absolute Gasteiger partial charge is 0.310 e. The van der Waals surface area contributed by atoms with Gasteiger partial charge >= 0.3 is 0 Å². The van der Waals surface area contributed by atoms with Crippen molar-refractivity contribution in [1.29, 1.82) is 0 Å². The minimum absolute atomic E-state index is 0.871. The molecule has 10 rings (SSSR count). The summed E-state index contributed by atoms with van der Waals surface area (Å²) in [6, 6.07) is 60.1. The van der Waals surface area contributed by atoms with Crippen molar-refractivity contribution >= 4 is 55.8 Å². The number of hydrogen-bond acceptors (Lipinski definition) is 3. The summed E-state index contributed by atoms with van der Waals surface area (Å²) in [5.74, 6) is 0. The Kier molecular flexibility index (Phi) is 7.24. The van der Waals surface area contributed by atoms with Crippen LogP contribution < -0.4 is 4.90 Å². The van der Waals surface area contributed by atoms with Crippen LogP contribution in [0, 0.1) is 0 Å². The minimum Gasteiger partial charge on any atom is -0.310 e. The smallest absolute Gasteiger partial charge is 0.0979 e. The van der Waals surface area contributed by atoms with E-state index in [-0.39, 0.29) is 0 Å². The molecule has 1 aliphatic rings. The van der Waals surface area contributed by atoms with E-state index in [1.165, 1.54) is 33.2 Å². The van der Waals surface area contributed by atoms with Crippen molar-refractivity contribution in [2.75, 3.05) is 4.90 Å². The summed E-state index contributed by atoms with van der Waals surface area (Å²) in [6.45, 7) is 0. The third kappa shape index (κ3) is 5.07. The van der Waals surface area contributed by atoms with Gasteiger partial charge in [-0.2, -0.15) is 0 Å². The Hall–Kier alpha value is -6.78. The summed E-state index contributed by atoms with van der Waals surface area (Å²) in [4.78, 5) is 12.8. The zero-order chi connectivity index (χ0) is 34.4. The van der Waals surface area contributed by atoms with E-state index in [4.69, 9.17) is 9.97 Å². The van der Waals surface area contributed by atoms with Gasteiger partial charge in [0.25, 0.3) is 0 Å². The van der Waals surface area contributed by atoms with Crippen LogP contribution in [0.3, 0.4) is 0 Å². The van der Waals surface area contributed by atoms with Crippen molar-refractivity contribution < 1.29 is 0 Å². The Bertz CT molecular complexity index is 2780. The molecule has 4 nitrogen and oxygen atoms in total. The lowest BCUT2D eigenvalue weighted by molar-refractivity contribution is 0.967. The fraction of sp³-hybridized carbons (Fsp3) is 0.0417. The maximum atomic E-state index is 5.24. The number of benzene rings is 7. The van der Waals surface area contributed by atoms with Crippen molar-refractivity contribution in [3.8, 4) is 28.2 Å². The molecule has 9 aromatic rings. The van der Waals surface area contributed by atoms with E-state index in [0.29, 0.717) is 0 Å². The van der Waals surface area contributed by atoms with E-state index in [9.17, 15) is 0 Å². The number of anilines is 3. The van der Waals surface area contributed by atoms with Crippen molar-refractivity contribution in [3.05, 3.63) is 187 Å². The van der Waals surface area contributed by atoms with E-state index >= 15 is 0 Å². The number of para-hydroxylation sites is 4. The third-order valence-corrected chi connectivity index (χ3v) is 10.2. The minimum atomic E-state index is 0.871. The van der Waals surface area contributed by atoms with Crippen molar-refractivity contribution in [2.24, 2.45) is 0 Å². The van der Waals surface area contributed by atoms with Gasteiger partial charge in [0.05, 0.1) is 27.9 Å². The zero-order valence-electron chi connectivity index (χ0n) is 28.5. The van der Waals surface area contributed by atoms with Gasteiger partial charge < -0.3 is 9.47 Å². The summed E-state index contributed by atoms with van der Waals surface area (Å²) < 4.78 is 2.41. The zero-order valence-corrected chi connectivity index (χ0v) is 28.5. The molecule has 0 spiro atoms. The van der Waals surface area contributed by atoms with Gasteiger partial charge in [0.15, 0.2) is 0 Å². The highest BCUT2D eigenvalue weighted by Crippen LogP contribution is 2.42. The Morgan fingerprint density at radius 3 is 1.98 bits per heavy atom. The highest BCUT2D eigenvalue weighted by Gasteiger charge is 2.22. The molecular formula is C48H34N4. The summed E-state index contributed by atoms with van der Waals surface area (Å²) in [5.41, 5.74) is 14.0. The Labute approximate surface area is 302 Å². The normalized spacial score (nSPS) is 12.4. The Morgan fingerprint density at radius 1 is 0.519 bits per heavy atom. The molecule has 7 aromatic carbocycles. The molecular weight excluding hydrogens is 633 g/mol. The highest BCUT2D eigenvalue weighted by atomic mass is 15.1. The fourth-order valence-corrected chi connectivity index (χ4v) is 7.83. The Morgan fingerprint density at radius 2 is 1.17 bits per heavy atom. The van der Waals surface area contributed by atoms with Gasteiger partial charge in [-0.1, -0.05) is 109 Å². The average Bonchev–Trinajstić information content (AvgIpc) is 3.55. The number of hydrogen-bond donors (Lipinski definition) is 0. The summed E-state index contributed by atoms with van der Waals surface area (Å²) in [5, 5.41) is 3.64. The molecule has 2 aromatic heterocycles. The molecule has 0 amide bonds. The highest BCUT2D eigenvalue weighted by molar-refractivity contribution is 6.00. The van der Waals surface area contributed by atoms with Crippen LogP contribution in [0.1, 0.15) is 17.7 Å². The molecule has 2 heterocycles. The number of nitrogens with zero attached hydrogens (tertiary/aromatic N) is 4. The van der Waals surface area contributed by atoms with Gasteiger partial charge in [-0.3, -0.25) is 0 Å². The number of allylic oxidation sites excluding steroid dienone is 1. The average molecular weight is 667 g/mol. The number of fused-ring (bicyclic) bond motifs is 5. The summed E-state index contributed by atoms with van der Waals surface area (Å²) in [7, 11) is 0. The molecule has 0 aliphatic heterocycles. The molecule has 0 fully saturated rings. The van der Waals surface area contributed by atoms with Gasteiger partial charge in [0.2, 0.25) is 0 Å². The number of rotatable bonds is 6. The molecule has 0 bridgehead atoms. The van der Waals surface area contributed by atoms with Crippen molar-refractivity contribution in [1.82, 2.24) is 14.5 Å². The SMILES string of the molecule is C1=Cc2c(c3cc(N(c4ccccc4)c4ccc(-c5nc6ccccc6nc5-c5cccc6ccccc56)cc4)ccc3n2-c2ccccc2)CC1. The second kappa shape index (κ2) is 12.5. The van der Waals surface area contributed by atoms with Gasteiger partial charge in [-0.25, -0.2) is 9.97 Å². The van der Waals surface area contributed by atoms with E-state index in [0.717, 1.165) is 68.8 Å². The molecule has 0 saturated carbocycles. The molecule has 4 heteroatoms. The first-order valence-electron chi connectivity index (χ1n) is 17.9. The van der Waals surface area contributed by atoms with Crippen LogP contribution in [-0.4, -0.2) is 14.5 Å². The predicted molar refractivity (Wildman–Crippen MR) is 217 cm³/mol. The maximum Gasteiger partial charge on any atom is 0.0979 e. The lowest BCUT2D eigenvalue weighted by Crippen LogP contribution is -2.10. The van der Waals surface area contributed by atoms with E-state index in [2.05, 4.69) is 167 Å². The second-order valence-corrected chi connectivity index (χ2v) is 13.3. The molecule has 0 atom stereocenters. The van der Waals surface area contributed by atoms with Crippen LogP contribution >= 0.6 is 0 Å². The van der Waals surface area contributed by atoms with Crippen LogP contribution in [0.25, 0.3) is 67.0 Å². The molecule has 0 N–H and O–H groups in total.